The Morgan fingerprint density at radius 1 is 1.17 bits per heavy atom. The number of benzene rings is 1. The van der Waals surface area contributed by atoms with Gasteiger partial charge in [-0.15, -0.1) is 0 Å². The van der Waals surface area contributed by atoms with E-state index in [-0.39, 0.29) is 24.8 Å². The number of thiol groups is 1. The number of carbonyl (C=O) groups is 2. The van der Waals surface area contributed by atoms with Crippen molar-refractivity contribution in [2.24, 2.45) is 11.7 Å². The third kappa shape index (κ3) is 14.5. The van der Waals surface area contributed by atoms with Gasteiger partial charge in [-0.3, -0.25) is 4.79 Å². The van der Waals surface area contributed by atoms with Crippen molar-refractivity contribution in [3.05, 3.63) is 35.9 Å². The number of sulfone groups is 1. The molecule has 9 nitrogen and oxygen atoms in total. The molecule has 202 valence electrons. The normalized spacial score (nSPS) is 14.6. The molecule has 0 aromatic heterocycles. The molecule has 0 fully saturated rings. The van der Waals surface area contributed by atoms with Gasteiger partial charge in [0, 0.05) is 31.8 Å². The second kappa shape index (κ2) is 18.6. The molecule has 0 bridgehead atoms. The van der Waals surface area contributed by atoms with E-state index < -0.39 is 33.9 Å². The van der Waals surface area contributed by atoms with E-state index >= 15 is 0 Å². The Balaban J connectivity index is 0.00000562. The van der Waals surface area contributed by atoms with E-state index in [1.54, 1.807) is 6.26 Å². The topological polar surface area (TPSA) is 137 Å². The molecule has 0 saturated carbocycles. The molecule has 2 unspecified atom stereocenters. The zero-order chi connectivity index (χ0) is 26.9. The van der Waals surface area contributed by atoms with Crippen LogP contribution >= 0.6 is 12.6 Å². The third-order valence-electron chi connectivity index (χ3n) is 5.49. The fraction of sp³-hybridized carbons (Fsp3) is 0.667. The van der Waals surface area contributed by atoms with Crippen LogP contribution in [0.15, 0.2) is 30.3 Å². The summed E-state index contributed by atoms with van der Waals surface area (Å²) in [5.41, 5.74) is 6.53. The van der Waals surface area contributed by atoms with Crippen LogP contribution in [0.5, 0.6) is 0 Å². The fourth-order valence-corrected chi connectivity index (χ4v) is 3.90. The van der Waals surface area contributed by atoms with Gasteiger partial charge in [0.1, 0.15) is 22.0 Å². The highest BCUT2D eigenvalue weighted by atomic mass is 32.2. The zero-order valence-corrected chi connectivity index (χ0v) is 23.2. The van der Waals surface area contributed by atoms with Gasteiger partial charge in [0.15, 0.2) is 0 Å². The number of hydrogen-bond donors (Lipinski definition) is 4. The molecular weight excluding hydrogens is 490 g/mol. The molecule has 1 aromatic rings. The van der Waals surface area contributed by atoms with Gasteiger partial charge in [-0.2, -0.15) is 12.6 Å². The number of methoxy groups -OCH3 is 1. The van der Waals surface area contributed by atoms with Crippen molar-refractivity contribution < 1.29 is 27.5 Å². The highest BCUT2D eigenvalue weighted by Crippen LogP contribution is 2.13. The number of amides is 1. The maximum absolute atomic E-state index is 13.1. The molecule has 0 radical (unpaired) electrons. The smallest absolute Gasteiger partial charge is 0.328 e. The average molecular weight is 534 g/mol. The zero-order valence-electron chi connectivity index (χ0n) is 21.5. The first-order valence-corrected chi connectivity index (χ1v) is 14.7. The van der Waals surface area contributed by atoms with Gasteiger partial charge in [-0.1, -0.05) is 50.6 Å². The Hall–Kier alpha value is -1.66. The summed E-state index contributed by atoms with van der Waals surface area (Å²) < 4.78 is 33.9. The summed E-state index contributed by atoms with van der Waals surface area (Å²) in [5.74, 6) is -1.15. The van der Waals surface area contributed by atoms with Crippen LogP contribution in [0.4, 0.5) is 0 Å². The second-order valence-corrected chi connectivity index (χ2v) is 10.5. The summed E-state index contributed by atoms with van der Waals surface area (Å²) in [7, 11) is -2.12. The Morgan fingerprint density at radius 2 is 1.80 bits per heavy atom. The maximum Gasteiger partial charge on any atom is 0.328 e. The van der Waals surface area contributed by atoms with E-state index in [2.05, 4.69) is 37.1 Å². The number of rotatable bonds is 16. The lowest BCUT2D eigenvalue weighted by molar-refractivity contribution is -0.147. The molecule has 35 heavy (non-hydrogen) atoms. The van der Waals surface area contributed by atoms with Crippen molar-refractivity contribution >= 4 is 34.3 Å². The van der Waals surface area contributed by atoms with Crippen molar-refractivity contribution in [1.82, 2.24) is 10.6 Å². The van der Waals surface area contributed by atoms with Crippen LogP contribution in [0.3, 0.4) is 0 Å². The number of hydrogen-bond acceptors (Lipinski definition) is 9. The van der Waals surface area contributed by atoms with Crippen LogP contribution in [0, 0.1) is 5.92 Å². The van der Waals surface area contributed by atoms with Crippen molar-refractivity contribution in [3.63, 3.8) is 0 Å². The summed E-state index contributed by atoms with van der Waals surface area (Å²) in [6.07, 6.45) is 3.05. The Kier molecular flexibility index (Phi) is 17.7. The van der Waals surface area contributed by atoms with E-state index in [4.69, 9.17) is 15.2 Å². The van der Waals surface area contributed by atoms with Crippen LogP contribution in [0.1, 0.15) is 32.3 Å². The largest absolute Gasteiger partial charge is 0.467 e. The summed E-state index contributed by atoms with van der Waals surface area (Å²) in [5, 5.41) is 5.99. The van der Waals surface area contributed by atoms with Gasteiger partial charge in [0.2, 0.25) is 5.91 Å². The predicted molar refractivity (Wildman–Crippen MR) is 143 cm³/mol. The lowest BCUT2D eigenvalue weighted by atomic mass is 9.99. The molecule has 1 aromatic carbocycles. The Morgan fingerprint density at radius 3 is 2.31 bits per heavy atom. The number of nitrogens with two attached hydrogens (primary N) is 1. The minimum absolute atomic E-state index is 0.00580. The first kappa shape index (κ1) is 33.3. The monoisotopic (exact) mass is 533 g/mol. The van der Waals surface area contributed by atoms with E-state index in [1.807, 2.05) is 30.3 Å². The fourth-order valence-electron chi connectivity index (χ4n) is 3.24. The molecule has 4 atom stereocenters. The Bertz CT molecular complexity index is 824. The molecule has 4 N–H and O–H groups in total. The molecule has 1 rings (SSSR count). The Labute approximate surface area is 216 Å². The first-order valence-electron chi connectivity index (χ1n) is 11.7. The molecule has 0 saturated heterocycles. The van der Waals surface area contributed by atoms with Gasteiger partial charge in [-0.05, 0) is 24.2 Å². The van der Waals surface area contributed by atoms with Crippen LogP contribution < -0.4 is 16.4 Å². The standard InChI is InChI=1S/C23H39N3O6S.CH4S/c1-5-17(2)20(25-13-12-24)16-32-21(15-18-9-7-6-8-10-18)22(27)26-19(23(28)31-3)11-14-33(4,29)30;1-2/h6-10,17,19-21,25H,5,11-16,24H2,1-4H3,(H,26,27);2H,1H3/t17?,19-,20?,21-;/m0./s1. The lowest BCUT2D eigenvalue weighted by Crippen LogP contribution is -2.49. The number of esters is 1. The maximum atomic E-state index is 13.1. The van der Waals surface area contributed by atoms with E-state index in [0.717, 1.165) is 18.2 Å². The van der Waals surface area contributed by atoms with Gasteiger partial charge in [0.05, 0.1) is 19.5 Å². The van der Waals surface area contributed by atoms with Crippen molar-refractivity contribution in [3.8, 4) is 0 Å². The van der Waals surface area contributed by atoms with Crippen LogP contribution in [0.25, 0.3) is 0 Å². The number of carbonyl (C=O) groups excluding carboxylic acids is 2. The minimum atomic E-state index is -3.32. The van der Waals surface area contributed by atoms with E-state index in [9.17, 15) is 18.0 Å². The van der Waals surface area contributed by atoms with Gasteiger partial charge in [-0.25, -0.2) is 13.2 Å². The van der Waals surface area contributed by atoms with Crippen molar-refractivity contribution in [2.45, 2.75) is 51.3 Å². The van der Waals surface area contributed by atoms with Crippen molar-refractivity contribution in [2.75, 3.05) is 45.1 Å². The second-order valence-electron chi connectivity index (χ2n) is 8.25. The number of nitrogens with one attached hydrogen (secondary N) is 2. The summed E-state index contributed by atoms with van der Waals surface area (Å²) in [6, 6.07) is 8.34. The molecule has 1 amide bonds. The summed E-state index contributed by atoms with van der Waals surface area (Å²) >= 11 is 3.53. The average Bonchev–Trinajstić information content (AvgIpc) is 2.85. The first-order chi connectivity index (χ1) is 16.6. The minimum Gasteiger partial charge on any atom is -0.467 e. The van der Waals surface area contributed by atoms with Gasteiger partial charge < -0.3 is 25.8 Å². The highest BCUT2D eigenvalue weighted by Gasteiger charge is 2.29. The highest BCUT2D eigenvalue weighted by molar-refractivity contribution is 7.90. The molecule has 0 spiro atoms. The molecule has 0 aliphatic carbocycles. The molecule has 0 heterocycles. The number of ether oxygens (including phenoxy) is 2. The third-order valence-corrected chi connectivity index (χ3v) is 6.47. The molecule has 0 aliphatic rings. The van der Waals surface area contributed by atoms with Gasteiger partial charge >= 0.3 is 5.97 Å². The summed E-state index contributed by atoms with van der Waals surface area (Å²) in [6.45, 7) is 5.58. The van der Waals surface area contributed by atoms with Crippen LogP contribution in [-0.4, -0.2) is 83.6 Å². The summed E-state index contributed by atoms with van der Waals surface area (Å²) in [4.78, 5) is 25.3. The molecule has 11 heteroatoms. The predicted octanol–water partition coefficient (Wildman–Crippen LogP) is 1.22. The molecular formula is C24H43N3O6S2. The quantitative estimate of drug-likeness (QED) is 0.184. The van der Waals surface area contributed by atoms with E-state index in [1.165, 1.54) is 7.11 Å². The van der Waals surface area contributed by atoms with Crippen LogP contribution in [0.2, 0.25) is 0 Å². The van der Waals surface area contributed by atoms with E-state index in [0.29, 0.717) is 25.4 Å². The lowest BCUT2D eigenvalue weighted by Gasteiger charge is -2.27. The van der Waals surface area contributed by atoms with Gasteiger partial charge in [0.25, 0.3) is 0 Å². The van der Waals surface area contributed by atoms with Crippen molar-refractivity contribution in [1.29, 1.82) is 0 Å². The SMILES string of the molecule is CCC(C)C(CO[C@@H](Cc1ccccc1)C(=O)N[C@@H](CCS(C)(=O)=O)C(=O)OC)NCCN.CS. The molecule has 0 aliphatic heterocycles. The van der Waals surface area contributed by atoms with Crippen LogP contribution in [-0.2, 0) is 35.3 Å².